The van der Waals surface area contributed by atoms with Crippen LogP contribution in [-0.4, -0.2) is 29.5 Å². The molecule has 1 aromatic heterocycles. The first-order chi connectivity index (χ1) is 8.17. The summed E-state index contributed by atoms with van der Waals surface area (Å²) in [6.45, 7) is 2.47. The number of carbonyl (C=O) groups excluding carboxylic acids is 1. The van der Waals surface area contributed by atoms with Gasteiger partial charge in [-0.25, -0.2) is 4.79 Å². The van der Waals surface area contributed by atoms with Crippen molar-refractivity contribution >= 4 is 16.9 Å². The molecule has 5 nitrogen and oxygen atoms in total. The zero-order valence-electron chi connectivity index (χ0n) is 10.1. The fourth-order valence-corrected chi connectivity index (χ4v) is 1.71. The number of hydrogen-bond donors (Lipinski definition) is 0. The molecule has 0 N–H and O–H groups in total. The number of ether oxygens (including phenoxy) is 2. The van der Waals surface area contributed by atoms with Crippen LogP contribution in [0.3, 0.4) is 0 Å². The maximum absolute atomic E-state index is 11.4. The van der Waals surface area contributed by atoms with Crippen molar-refractivity contribution in [2.45, 2.75) is 6.92 Å². The highest BCUT2D eigenvalue weighted by atomic mass is 16.5. The zero-order valence-corrected chi connectivity index (χ0v) is 10.1. The summed E-state index contributed by atoms with van der Waals surface area (Å²) in [6, 6.07) is 5.27. The fourth-order valence-electron chi connectivity index (χ4n) is 1.71. The standard InChI is InChI=1S/C12H14N2O3/c1-4-17-11-9-6-5-8(12(15)16-3)7-10(9)14(2)13-11/h5-7H,4H2,1-3H3. The van der Waals surface area contributed by atoms with Crippen LogP contribution in [0.2, 0.25) is 0 Å². The summed E-state index contributed by atoms with van der Waals surface area (Å²) in [4.78, 5) is 11.4. The molecule has 5 heteroatoms. The van der Waals surface area contributed by atoms with E-state index in [1.165, 1.54) is 7.11 Å². The maximum atomic E-state index is 11.4. The Hall–Kier alpha value is -2.04. The van der Waals surface area contributed by atoms with Gasteiger partial charge in [-0.05, 0) is 25.1 Å². The second-order valence-electron chi connectivity index (χ2n) is 3.59. The van der Waals surface area contributed by atoms with E-state index in [0.29, 0.717) is 18.1 Å². The molecule has 0 fully saturated rings. The molecule has 90 valence electrons. The molecule has 0 spiro atoms. The zero-order chi connectivity index (χ0) is 12.4. The number of esters is 1. The third kappa shape index (κ3) is 1.95. The minimum Gasteiger partial charge on any atom is -0.476 e. The van der Waals surface area contributed by atoms with Gasteiger partial charge in [0.1, 0.15) is 0 Å². The van der Waals surface area contributed by atoms with Crippen molar-refractivity contribution < 1.29 is 14.3 Å². The molecule has 2 rings (SSSR count). The Bertz CT molecular complexity index is 560. The lowest BCUT2D eigenvalue weighted by atomic mass is 10.1. The molecule has 0 bridgehead atoms. The van der Waals surface area contributed by atoms with Crippen LogP contribution in [0.25, 0.3) is 10.9 Å². The lowest BCUT2D eigenvalue weighted by Crippen LogP contribution is -2.01. The first-order valence-electron chi connectivity index (χ1n) is 5.35. The summed E-state index contributed by atoms with van der Waals surface area (Å²) >= 11 is 0. The van der Waals surface area contributed by atoms with E-state index in [4.69, 9.17) is 4.74 Å². The van der Waals surface area contributed by atoms with Gasteiger partial charge >= 0.3 is 5.97 Å². The number of fused-ring (bicyclic) bond motifs is 1. The molecule has 1 heterocycles. The van der Waals surface area contributed by atoms with Crippen LogP contribution >= 0.6 is 0 Å². The quantitative estimate of drug-likeness (QED) is 0.759. The number of carbonyl (C=O) groups is 1. The number of methoxy groups -OCH3 is 1. The van der Waals surface area contributed by atoms with Crippen LogP contribution in [0.1, 0.15) is 17.3 Å². The summed E-state index contributed by atoms with van der Waals surface area (Å²) < 4.78 is 11.8. The normalized spacial score (nSPS) is 10.5. The van der Waals surface area contributed by atoms with Crippen molar-refractivity contribution in [2.24, 2.45) is 7.05 Å². The van der Waals surface area contributed by atoms with Crippen LogP contribution in [0.15, 0.2) is 18.2 Å². The molecule has 0 unspecified atom stereocenters. The van der Waals surface area contributed by atoms with Crippen molar-refractivity contribution in [3.8, 4) is 5.88 Å². The number of hydrogen-bond acceptors (Lipinski definition) is 4. The van der Waals surface area contributed by atoms with Crippen LogP contribution in [0.5, 0.6) is 5.88 Å². The lowest BCUT2D eigenvalue weighted by molar-refractivity contribution is 0.0601. The predicted molar refractivity (Wildman–Crippen MR) is 63.2 cm³/mol. The van der Waals surface area contributed by atoms with Crippen molar-refractivity contribution in [3.63, 3.8) is 0 Å². The van der Waals surface area contributed by atoms with Gasteiger partial charge in [-0.1, -0.05) is 0 Å². The molecule has 0 amide bonds. The van der Waals surface area contributed by atoms with E-state index < -0.39 is 0 Å². The van der Waals surface area contributed by atoms with Crippen molar-refractivity contribution in [3.05, 3.63) is 23.8 Å². The summed E-state index contributed by atoms with van der Waals surface area (Å²) in [5, 5.41) is 5.14. The van der Waals surface area contributed by atoms with E-state index in [1.54, 1.807) is 16.8 Å². The Labute approximate surface area is 98.9 Å². The third-order valence-electron chi connectivity index (χ3n) is 2.52. The molecule has 2 aromatic rings. The van der Waals surface area contributed by atoms with Gasteiger partial charge in [-0.3, -0.25) is 4.68 Å². The predicted octanol–water partition coefficient (Wildman–Crippen LogP) is 1.76. The lowest BCUT2D eigenvalue weighted by Gasteiger charge is -2.00. The summed E-state index contributed by atoms with van der Waals surface area (Å²) in [5.74, 6) is 0.229. The average molecular weight is 234 g/mol. The number of benzene rings is 1. The number of aryl methyl sites for hydroxylation is 1. The Morgan fingerprint density at radius 3 is 2.88 bits per heavy atom. The largest absolute Gasteiger partial charge is 0.476 e. The minimum atomic E-state index is -0.356. The monoisotopic (exact) mass is 234 g/mol. The van der Waals surface area contributed by atoms with E-state index in [0.717, 1.165) is 10.9 Å². The van der Waals surface area contributed by atoms with Crippen molar-refractivity contribution in [2.75, 3.05) is 13.7 Å². The molecule has 0 saturated heterocycles. The summed E-state index contributed by atoms with van der Waals surface area (Å²) in [6.07, 6.45) is 0. The van der Waals surface area contributed by atoms with E-state index in [-0.39, 0.29) is 5.97 Å². The number of aromatic nitrogens is 2. The van der Waals surface area contributed by atoms with E-state index in [9.17, 15) is 4.79 Å². The highest BCUT2D eigenvalue weighted by Crippen LogP contribution is 2.25. The van der Waals surface area contributed by atoms with Gasteiger partial charge in [0, 0.05) is 7.05 Å². The Morgan fingerprint density at radius 2 is 2.24 bits per heavy atom. The van der Waals surface area contributed by atoms with Gasteiger partial charge in [-0.15, -0.1) is 5.10 Å². The van der Waals surface area contributed by atoms with Crippen molar-refractivity contribution in [1.29, 1.82) is 0 Å². The van der Waals surface area contributed by atoms with Gasteiger partial charge in [-0.2, -0.15) is 0 Å². The van der Waals surface area contributed by atoms with Gasteiger partial charge in [0.15, 0.2) is 0 Å². The summed E-state index contributed by atoms with van der Waals surface area (Å²) in [5.41, 5.74) is 1.35. The molecule has 0 radical (unpaired) electrons. The fraction of sp³-hybridized carbons (Fsp3) is 0.333. The van der Waals surface area contributed by atoms with Crippen LogP contribution in [-0.2, 0) is 11.8 Å². The van der Waals surface area contributed by atoms with Gasteiger partial charge < -0.3 is 9.47 Å². The topological polar surface area (TPSA) is 53.4 Å². The minimum absolute atomic E-state index is 0.356. The highest BCUT2D eigenvalue weighted by Gasteiger charge is 2.12. The van der Waals surface area contributed by atoms with E-state index >= 15 is 0 Å². The molecule has 0 aliphatic rings. The highest BCUT2D eigenvalue weighted by molar-refractivity contribution is 5.95. The molecule has 17 heavy (non-hydrogen) atoms. The molecular formula is C12H14N2O3. The van der Waals surface area contributed by atoms with Gasteiger partial charge in [0.2, 0.25) is 5.88 Å². The van der Waals surface area contributed by atoms with E-state index in [2.05, 4.69) is 9.84 Å². The van der Waals surface area contributed by atoms with Gasteiger partial charge in [0.25, 0.3) is 0 Å². The SMILES string of the molecule is CCOc1nn(C)c2cc(C(=O)OC)ccc12. The molecule has 1 aromatic carbocycles. The first-order valence-corrected chi connectivity index (χ1v) is 5.35. The van der Waals surface area contributed by atoms with Crippen molar-refractivity contribution in [1.82, 2.24) is 9.78 Å². The average Bonchev–Trinajstić information content (AvgIpc) is 2.65. The van der Waals surface area contributed by atoms with Crippen LogP contribution < -0.4 is 4.74 Å². The Balaban J connectivity index is 2.55. The molecular weight excluding hydrogens is 220 g/mol. The van der Waals surface area contributed by atoms with Gasteiger partial charge in [0.05, 0.1) is 30.2 Å². The smallest absolute Gasteiger partial charge is 0.337 e. The van der Waals surface area contributed by atoms with Crippen LogP contribution in [0.4, 0.5) is 0 Å². The number of nitrogens with zero attached hydrogens (tertiary/aromatic N) is 2. The Kier molecular flexibility index (Phi) is 2.99. The summed E-state index contributed by atoms with van der Waals surface area (Å²) in [7, 11) is 3.17. The van der Waals surface area contributed by atoms with Crippen LogP contribution in [0, 0.1) is 0 Å². The maximum Gasteiger partial charge on any atom is 0.337 e. The molecule has 0 atom stereocenters. The molecule has 0 saturated carbocycles. The third-order valence-corrected chi connectivity index (χ3v) is 2.52. The molecule has 0 aliphatic carbocycles. The molecule has 0 aliphatic heterocycles. The first kappa shape index (κ1) is 11.4. The second-order valence-corrected chi connectivity index (χ2v) is 3.59. The Morgan fingerprint density at radius 1 is 1.47 bits per heavy atom. The second kappa shape index (κ2) is 4.45. The number of rotatable bonds is 3. The van der Waals surface area contributed by atoms with E-state index in [1.807, 2.05) is 20.0 Å².